The van der Waals surface area contributed by atoms with Gasteiger partial charge in [-0.1, -0.05) is 0 Å². The first-order chi connectivity index (χ1) is 14.1. The number of amides is 1. The van der Waals surface area contributed by atoms with Gasteiger partial charge < -0.3 is 15.2 Å². The number of nitro groups is 1. The largest absolute Gasteiger partial charge is 0.459 e. The van der Waals surface area contributed by atoms with Gasteiger partial charge in [-0.3, -0.25) is 15.0 Å². The third-order valence-corrected chi connectivity index (χ3v) is 4.61. The molecule has 0 aromatic heterocycles. The number of hydrogen-bond acceptors (Lipinski definition) is 7. The summed E-state index contributed by atoms with van der Waals surface area (Å²) < 4.78 is 11.0. The molecule has 2 rings (SSSR count). The van der Waals surface area contributed by atoms with E-state index < -0.39 is 28.6 Å². The molecule has 166 valence electrons. The van der Waals surface area contributed by atoms with Crippen LogP contribution in [0.3, 0.4) is 0 Å². The van der Waals surface area contributed by atoms with E-state index in [4.69, 9.17) is 15.2 Å². The minimum atomic E-state index is -0.753. The SMILES string of the molecule is CC(C)(C)OC(=O)N(C1CC1)[C@@H](CCCCN)C(=O)OCc1ccc([N+](=O)[O-])cc1. The molecule has 0 spiro atoms. The Labute approximate surface area is 176 Å². The van der Waals surface area contributed by atoms with Gasteiger partial charge in [0.2, 0.25) is 0 Å². The number of hydrogen-bond donors (Lipinski definition) is 1. The predicted octanol–water partition coefficient (Wildman–Crippen LogP) is 3.54. The van der Waals surface area contributed by atoms with Gasteiger partial charge in [0.05, 0.1) is 4.92 Å². The fourth-order valence-electron chi connectivity index (χ4n) is 3.02. The highest BCUT2D eigenvalue weighted by molar-refractivity contribution is 5.82. The molecule has 1 aliphatic rings. The van der Waals surface area contributed by atoms with Gasteiger partial charge in [-0.2, -0.15) is 0 Å². The molecule has 1 aliphatic carbocycles. The second-order valence-electron chi connectivity index (χ2n) is 8.45. The van der Waals surface area contributed by atoms with Crippen molar-refractivity contribution < 1.29 is 24.0 Å². The maximum Gasteiger partial charge on any atom is 0.411 e. The van der Waals surface area contributed by atoms with Crippen LogP contribution in [-0.2, 0) is 20.9 Å². The number of nitrogens with two attached hydrogens (primary N) is 1. The van der Waals surface area contributed by atoms with Crippen LogP contribution >= 0.6 is 0 Å². The van der Waals surface area contributed by atoms with E-state index >= 15 is 0 Å². The Morgan fingerprint density at radius 3 is 2.37 bits per heavy atom. The van der Waals surface area contributed by atoms with Gasteiger partial charge in [-0.15, -0.1) is 0 Å². The summed E-state index contributed by atoms with van der Waals surface area (Å²) in [5.41, 5.74) is 5.51. The van der Waals surface area contributed by atoms with Crippen LogP contribution in [0, 0.1) is 10.1 Å². The summed E-state index contributed by atoms with van der Waals surface area (Å²) in [5.74, 6) is -0.511. The molecule has 1 amide bonds. The van der Waals surface area contributed by atoms with E-state index in [-0.39, 0.29) is 18.3 Å². The molecule has 0 radical (unpaired) electrons. The number of nitrogens with zero attached hydrogens (tertiary/aromatic N) is 2. The van der Waals surface area contributed by atoms with Crippen LogP contribution in [0.4, 0.5) is 10.5 Å². The van der Waals surface area contributed by atoms with Crippen molar-refractivity contribution in [2.45, 2.75) is 77.2 Å². The van der Waals surface area contributed by atoms with Crippen LogP contribution in [0.15, 0.2) is 24.3 Å². The van der Waals surface area contributed by atoms with E-state index in [2.05, 4.69) is 0 Å². The number of benzene rings is 1. The Kier molecular flexibility index (Phi) is 8.16. The zero-order chi connectivity index (χ0) is 22.3. The van der Waals surface area contributed by atoms with Crippen molar-refractivity contribution in [2.24, 2.45) is 5.73 Å². The van der Waals surface area contributed by atoms with E-state index in [0.29, 0.717) is 24.9 Å². The topological polar surface area (TPSA) is 125 Å². The molecule has 1 fully saturated rings. The number of carbonyl (C=O) groups is 2. The second kappa shape index (κ2) is 10.4. The standard InChI is InChI=1S/C21H31N3O6/c1-21(2,3)30-20(26)23(16-11-12-16)18(6-4-5-13-22)19(25)29-14-15-7-9-17(10-8-15)24(27)28/h7-10,16,18H,4-6,11-14,22H2,1-3H3/t18-/m0/s1. The zero-order valence-corrected chi connectivity index (χ0v) is 17.8. The average Bonchev–Trinajstić information content (AvgIpc) is 3.49. The Balaban J connectivity index is 2.09. The van der Waals surface area contributed by atoms with Crippen LogP contribution in [0.25, 0.3) is 0 Å². The molecule has 0 saturated heterocycles. The summed E-state index contributed by atoms with van der Waals surface area (Å²) >= 11 is 0. The molecule has 9 heteroatoms. The average molecular weight is 421 g/mol. The Morgan fingerprint density at radius 2 is 1.87 bits per heavy atom. The quantitative estimate of drug-likeness (QED) is 0.265. The number of rotatable bonds is 10. The smallest absolute Gasteiger partial charge is 0.411 e. The first-order valence-corrected chi connectivity index (χ1v) is 10.2. The normalized spacial score (nSPS) is 14.7. The summed E-state index contributed by atoms with van der Waals surface area (Å²) in [6, 6.07) is 5.02. The lowest BCUT2D eigenvalue weighted by atomic mass is 10.1. The lowest BCUT2D eigenvalue weighted by Crippen LogP contribution is -2.49. The summed E-state index contributed by atoms with van der Waals surface area (Å²) in [6.07, 6.45) is 2.98. The highest BCUT2D eigenvalue weighted by Gasteiger charge is 2.43. The Morgan fingerprint density at radius 1 is 1.23 bits per heavy atom. The third kappa shape index (κ3) is 7.29. The summed E-state index contributed by atoms with van der Waals surface area (Å²) in [6.45, 7) is 5.82. The molecule has 1 atom stereocenters. The fraction of sp³-hybridized carbons (Fsp3) is 0.619. The summed E-state index contributed by atoms with van der Waals surface area (Å²) in [4.78, 5) is 37.5. The van der Waals surface area contributed by atoms with Crippen LogP contribution in [0.1, 0.15) is 58.4 Å². The molecule has 1 saturated carbocycles. The highest BCUT2D eigenvalue weighted by Crippen LogP contribution is 2.32. The Bertz CT molecular complexity index is 740. The van der Waals surface area contributed by atoms with Crippen LogP contribution in [0.5, 0.6) is 0 Å². The first-order valence-electron chi connectivity index (χ1n) is 10.2. The summed E-state index contributed by atoms with van der Waals surface area (Å²) in [5, 5.41) is 10.8. The maximum absolute atomic E-state index is 12.9. The molecule has 30 heavy (non-hydrogen) atoms. The molecule has 1 aromatic carbocycles. The number of non-ortho nitro benzene ring substituents is 1. The maximum atomic E-state index is 12.9. The van der Waals surface area contributed by atoms with E-state index in [1.807, 2.05) is 0 Å². The molecule has 0 unspecified atom stereocenters. The molecule has 0 heterocycles. The lowest BCUT2D eigenvalue weighted by Gasteiger charge is -2.32. The van der Waals surface area contributed by atoms with Crippen molar-refractivity contribution in [3.63, 3.8) is 0 Å². The molecule has 0 bridgehead atoms. The van der Waals surface area contributed by atoms with Crippen molar-refractivity contribution in [1.82, 2.24) is 4.90 Å². The van der Waals surface area contributed by atoms with E-state index in [1.54, 1.807) is 32.9 Å². The van der Waals surface area contributed by atoms with E-state index in [9.17, 15) is 19.7 Å². The molecule has 1 aromatic rings. The van der Waals surface area contributed by atoms with Gasteiger partial charge in [-0.05, 0) is 77.1 Å². The van der Waals surface area contributed by atoms with Gasteiger partial charge in [-0.25, -0.2) is 9.59 Å². The van der Waals surface area contributed by atoms with Crippen molar-refractivity contribution in [3.05, 3.63) is 39.9 Å². The summed E-state index contributed by atoms with van der Waals surface area (Å²) in [7, 11) is 0. The lowest BCUT2D eigenvalue weighted by molar-refractivity contribution is -0.384. The highest BCUT2D eigenvalue weighted by atomic mass is 16.6. The minimum absolute atomic E-state index is 0.0307. The second-order valence-corrected chi connectivity index (χ2v) is 8.45. The van der Waals surface area contributed by atoms with Gasteiger partial charge in [0.15, 0.2) is 0 Å². The van der Waals surface area contributed by atoms with Gasteiger partial charge >= 0.3 is 12.1 Å². The van der Waals surface area contributed by atoms with Crippen molar-refractivity contribution in [1.29, 1.82) is 0 Å². The number of ether oxygens (including phenoxy) is 2. The Hall–Kier alpha value is -2.68. The fourth-order valence-corrected chi connectivity index (χ4v) is 3.02. The van der Waals surface area contributed by atoms with E-state index in [0.717, 1.165) is 19.3 Å². The molecule has 9 nitrogen and oxygen atoms in total. The number of carbonyl (C=O) groups excluding carboxylic acids is 2. The number of esters is 1. The van der Waals surface area contributed by atoms with Crippen molar-refractivity contribution >= 4 is 17.7 Å². The van der Waals surface area contributed by atoms with Crippen LogP contribution < -0.4 is 5.73 Å². The van der Waals surface area contributed by atoms with Crippen LogP contribution in [-0.4, -0.2) is 46.1 Å². The van der Waals surface area contributed by atoms with Crippen molar-refractivity contribution in [3.8, 4) is 0 Å². The minimum Gasteiger partial charge on any atom is -0.459 e. The first kappa shape index (κ1) is 23.6. The number of nitro benzene ring substituents is 1. The predicted molar refractivity (Wildman–Crippen MR) is 111 cm³/mol. The van der Waals surface area contributed by atoms with Gasteiger partial charge in [0, 0.05) is 18.2 Å². The zero-order valence-electron chi connectivity index (χ0n) is 17.8. The third-order valence-electron chi connectivity index (χ3n) is 4.61. The van der Waals surface area contributed by atoms with Crippen LogP contribution in [0.2, 0.25) is 0 Å². The molecular weight excluding hydrogens is 390 g/mol. The van der Waals surface area contributed by atoms with Gasteiger partial charge in [0.25, 0.3) is 5.69 Å². The van der Waals surface area contributed by atoms with Gasteiger partial charge in [0.1, 0.15) is 18.2 Å². The molecule has 0 aliphatic heterocycles. The molecular formula is C21H31N3O6. The molecule has 2 N–H and O–H groups in total. The van der Waals surface area contributed by atoms with Crippen molar-refractivity contribution in [2.75, 3.05) is 6.54 Å². The number of unbranched alkanes of at least 4 members (excludes halogenated alkanes) is 1. The van der Waals surface area contributed by atoms with E-state index in [1.165, 1.54) is 17.0 Å². The monoisotopic (exact) mass is 421 g/mol.